The number of hydrogen-bond acceptors (Lipinski definition) is 5. The van der Waals surface area contributed by atoms with Crippen LogP contribution in [0.2, 0.25) is 0 Å². The summed E-state index contributed by atoms with van der Waals surface area (Å²) in [6.45, 7) is 4.80. The van der Waals surface area contributed by atoms with Crippen molar-refractivity contribution in [2.45, 2.75) is 296 Å². The molecule has 0 rings (SSSR count). The van der Waals surface area contributed by atoms with Gasteiger partial charge in [0.05, 0.1) is 39.9 Å². The lowest BCUT2D eigenvalue weighted by atomic mass is 10.0. The molecule has 3 atom stereocenters. The smallest absolute Gasteiger partial charge is 0.387 e. The third kappa shape index (κ3) is 55.9. The number of hydrogen-bond donors (Lipinski definition) is 3. The fourth-order valence-electron chi connectivity index (χ4n) is 8.89. The predicted molar refractivity (Wildman–Crippen MR) is 314 cm³/mol. The summed E-state index contributed by atoms with van der Waals surface area (Å²) >= 11 is 0. The van der Waals surface area contributed by atoms with Gasteiger partial charge >= 0.3 is 7.82 Å². The van der Waals surface area contributed by atoms with Crippen molar-refractivity contribution in [1.82, 2.24) is 5.32 Å². The monoisotopic (exact) mass is 1030 g/mol. The Bertz CT molecular complexity index is 1360. The number of carbonyl (C=O) groups is 1. The van der Waals surface area contributed by atoms with E-state index in [4.69, 9.17) is 9.05 Å². The van der Waals surface area contributed by atoms with Gasteiger partial charge in [-0.3, -0.25) is 13.8 Å². The van der Waals surface area contributed by atoms with Crippen LogP contribution in [0.4, 0.5) is 0 Å². The summed E-state index contributed by atoms with van der Waals surface area (Å²) in [7, 11) is 1.55. The number of unbranched alkanes of at least 4 members (excludes halogenated alkanes) is 35. The minimum absolute atomic E-state index is 0.0515. The molecule has 9 heteroatoms. The molecule has 3 unspecified atom stereocenters. The molecule has 0 aliphatic heterocycles. The van der Waals surface area contributed by atoms with E-state index in [0.29, 0.717) is 17.4 Å². The number of quaternary nitrogens is 1. The number of aliphatic hydroxyl groups is 1. The third-order valence-electron chi connectivity index (χ3n) is 13.7. The highest BCUT2D eigenvalue weighted by atomic mass is 31.2. The number of phosphoric ester groups is 1. The Morgan fingerprint density at radius 3 is 1.21 bits per heavy atom. The highest BCUT2D eigenvalue weighted by Crippen LogP contribution is 2.43. The number of nitrogens with one attached hydrogen (secondary N) is 1. The summed E-state index contributed by atoms with van der Waals surface area (Å²) < 4.78 is 23.7. The van der Waals surface area contributed by atoms with E-state index in [1.165, 1.54) is 199 Å². The molecule has 8 nitrogen and oxygen atoms in total. The summed E-state index contributed by atoms with van der Waals surface area (Å²) in [5.41, 5.74) is 0. The van der Waals surface area contributed by atoms with Gasteiger partial charge in [0, 0.05) is 6.42 Å². The van der Waals surface area contributed by atoms with Crippen LogP contribution in [0.3, 0.4) is 0 Å². The summed E-state index contributed by atoms with van der Waals surface area (Å²) in [5.74, 6) is -0.198. The molecule has 0 aromatic carbocycles. The number of allylic oxidation sites excluding steroid dienone is 9. The van der Waals surface area contributed by atoms with Crippen LogP contribution in [-0.4, -0.2) is 73.4 Å². The molecule has 72 heavy (non-hydrogen) atoms. The van der Waals surface area contributed by atoms with Gasteiger partial charge in [-0.1, -0.05) is 267 Å². The van der Waals surface area contributed by atoms with Gasteiger partial charge in [-0.15, -0.1) is 0 Å². The fraction of sp³-hybridized carbons (Fsp3) is 0.825. The van der Waals surface area contributed by atoms with E-state index in [-0.39, 0.29) is 19.1 Å². The first-order valence-electron chi connectivity index (χ1n) is 30.7. The standard InChI is InChI=1S/C63H119N2O6P/c1-6-8-10-12-14-16-18-20-22-24-26-28-29-30-31-32-33-34-35-37-38-40-42-44-46-48-50-52-54-56-62(66)61(60-71-72(68,69)70-59-58-65(3,4)5)64-63(67)57-55-53-51-49-47-45-43-41-39-36-27-25-23-21-19-17-15-13-11-9-7-2/h19,21,25,27,39,41,46,48,54,56,61-62,66H,6-18,20,22-24,26,28-38,40,42-45,47,49-53,55,57-60H2,1-5H3,(H-,64,67,68,69)/p+1/b21-19-,27-25-,41-39-,48-46+,56-54+. The SMILES string of the molecule is CCCCCCC/C=C\C/C=C\C/C=C\CCCCCCCCC(=O)NC(COP(=O)(O)OCC[N+](C)(C)C)C(O)/C=C/CC/C=C/CCCCCCCCCCCCCCCCCCCCCCCCC. The zero-order valence-corrected chi connectivity index (χ0v) is 49.1. The molecule has 0 aromatic rings. The number of aliphatic hydroxyl groups excluding tert-OH is 1. The first kappa shape index (κ1) is 70.2. The van der Waals surface area contributed by atoms with Crippen molar-refractivity contribution in [3.8, 4) is 0 Å². The summed E-state index contributed by atoms with van der Waals surface area (Å²) in [4.78, 5) is 23.3. The molecule has 0 saturated heterocycles. The lowest BCUT2D eigenvalue weighted by Crippen LogP contribution is -2.45. The van der Waals surface area contributed by atoms with Crippen LogP contribution in [0.25, 0.3) is 0 Å². The van der Waals surface area contributed by atoms with E-state index in [9.17, 15) is 19.4 Å². The van der Waals surface area contributed by atoms with E-state index >= 15 is 0 Å². The van der Waals surface area contributed by atoms with Gasteiger partial charge in [0.2, 0.25) is 5.91 Å². The molecular formula is C63H120N2O6P+. The second-order valence-electron chi connectivity index (χ2n) is 22.1. The highest BCUT2D eigenvalue weighted by Gasteiger charge is 2.27. The van der Waals surface area contributed by atoms with Crippen LogP contribution >= 0.6 is 7.82 Å². The normalized spacial score (nSPS) is 14.3. The molecular weight excluding hydrogens is 912 g/mol. The first-order valence-corrected chi connectivity index (χ1v) is 32.2. The van der Waals surface area contributed by atoms with Gasteiger partial charge in [-0.05, 0) is 70.6 Å². The van der Waals surface area contributed by atoms with Gasteiger partial charge in [0.25, 0.3) is 0 Å². The number of amides is 1. The zero-order valence-electron chi connectivity index (χ0n) is 48.2. The number of nitrogens with zero attached hydrogens (tertiary/aromatic N) is 1. The number of rotatable bonds is 56. The van der Waals surface area contributed by atoms with E-state index in [1.54, 1.807) is 6.08 Å². The molecule has 0 aliphatic carbocycles. The Balaban J connectivity index is 4.22. The molecule has 0 saturated carbocycles. The van der Waals surface area contributed by atoms with Crippen LogP contribution in [0.1, 0.15) is 284 Å². The van der Waals surface area contributed by atoms with Crippen molar-refractivity contribution in [2.24, 2.45) is 0 Å². The quantitative estimate of drug-likeness (QED) is 0.0243. The summed E-state index contributed by atoms with van der Waals surface area (Å²) in [5, 5.41) is 13.9. The molecule has 0 bridgehead atoms. The van der Waals surface area contributed by atoms with Gasteiger partial charge in [0.1, 0.15) is 13.2 Å². The fourth-order valence-corrected chi connectivity index (χ4v) is 9.63. The molecule has 422 valence electrons. The molecule has 0 fully saturated rings. The second-order valence-corrected chi connectivity index (χ2v) is 23.5. The van der Waals surface area contributed by atoms with Gasteiger partial charge in [-0.2, -0.15) is 0 Å². The van der Waals surface area contributed by atoms with Crippen LogP contribution < -0.4 is 5.32 Å². The highest BCUT2D eigenvalue weighted by molar-refractivity contribution is 7.47. The Morgan fingerprint density at radius 1 is 0.472 bits per heavy atom. The predicted octanol–water partition coefficient (Wildman–Crippen LogP) is 18.9. The number of likely N-dealkylation sites (N-methyl/N-ethyl adjacent to an activating group) is 1. The maximum absolute atomic E-state index is 13.0. The third-order valence-corrected chi connectivity index (χ3v) is 14.7. The summed E-state index contributed by atoms with van der Waals surface area (Å²) in [6.07, 6.45) is 73.4. The molecule has 3 N–H and O–H groups in total. The number of carbonyl (C=O) groups excluding carboxylic acids is 1. The number of phosphoric acid groups is 1. The van der Waals surface area contributed by atoms with Crippen LogP contribution in [0.5, 0.6) is 0 Å². The van der Waals surface area contributed by atoms with Crippen molar-refractivity contribution in [3.63, 3.8) is 0 Å². The Kier molecular flexibility index (Phi) is 52.7. The Hall–Kier alpha value is -1.80. The average molecular weight is 1030 g/mol. The maximum Gasteiger partial charge on any atom is 0.472 e. The first-order chi connectivity index (χ1) is 35.0. The summed E-state index contributed by atoms with van der Waals surface area (Å²) in [6, 6.07) is -0.874. The van der Waals surface area contributed by atoms with Crippen molar-refractivity contribution in [1.29, 1.82) is 0 Å². The van der Waals surface area contributed by atoms with E-state index in [0.717, 1.165) is 64.2 Å². The molecule has 0 radical (unpaired) electrons. The van der Waals surface area contributed by atoms with Crippen molar-refractivity contribution >= 4 is 13.7 Å². The van der Waals surface area contributed by atoms with Gasteiger partial charge < -0.3 is 19.8 Å². The maximum atomic E-state index is 13.0. The van der Waals surface area contributed by atoms with Crippen LogP contribution in [0.15, 0.2) is 60.8 Å². The van der Waals surface area contributed by atoms with Gasteiger partial charge in [0.15, 0.2) is 0 Å². The largest absolute Gasteiger partial charge is 0.472 e. The molecule has 0 heterocycles. The molecule has 1 amide bonds. The average Bonchev–Trinajstić information content (AvgIpc) is 3.34. The van der Waals surface area contributed by atoms with Crippen molar-refractivity contribution in [3.05, 3.63) is 60.8 Å². The van der Waals surface area contributed by atoms with E-state index < -0.39 is 20.0 Å². The second kappa shape index (κ2) is 54.0. The van der Waals surface area contributed by atoms with E-state index in [2.05, 4.69) is 67.8 Å². The minimum Gasteiger partial charge on any atom is -0.387 e. The van der Waals surface area contributed by atoms with Gasteiger partial charge in [-0.25, -0.2) is 4.57 Å². The lowest BCUT2D eigenvalue weighted by Gasteiger charge is -2.25. The Labute approximate surface area is 447 Å². The van der Waals surface area contributed by atoms with Crippen LogP contribution in [0, 0.1) is 0 Å². The molecule has 0 aliphatic rings. The topological polar surface area (TPSA) is 105 Å². The van der Waals surface area contributed by atoms with E-state index in [1.807, 2.05) is 27.2 Å². The lowest BCUT2D eigenvalue weighted by molar-refractivity contribution is -0.870. The zero-order chi connectivity index (χ0) is 52.7. The molecule has 0 aromatic heterocycles. The molecule has 0 spiro atoms. The minimum atomic E-state index is -4.36. The van der Waals surface area contributed by atoms with Crippen molar-refractivity contribution < 1.29 is 32.9 Å². The van der Waals surface area contributed by atoms with Crippen LogP contribution in [-0.2, 0) is 18.4 Å². The Morgan fingerprint density at radius 2 is 0.806 bits per heavy atom. The van der Waals surface area contributed by atoms with Crippen molar-refractivity contribution in [2.75, 3.05) is 40.9 Å².